The molecule has 0 saturated carbocycles. The lowest BCUT2D eigenvalue weighted by atomic mass is 9.92. The van der Waals surface area contributed by atoms with Crippen LogP contribution >= 0.6 is 0 Å². The molecule has 1 N–H and O–H groups in total. The Hall–Kier alpha value is -0.910. The molecule has 0 bridgehead atoms. The van der Waals surface area contributed by atoms with Gasteiger partial charge in [-0.05, 0) is 12.8 Å². The lowest BCUT2D eigenvalue weighted by molar-refractivity contribution is -0.145. The van der Waals surface area contributed by atoms with Crippen molar-refractivity contribution >= 4 is 5.91 Å². The third kappa shape index (κ3) is 1.77. The van der Waals surface area contributed by atoms with E-state index in [9.17, 15) is 9.90 Å². The van der Waals surface area contributed by atoms with Crippen molar-refractivity contribution in [1.29, 1.82) is 0 Å². The van der Waals surface area contributed by atoms with E-state index in [1.807, 2.05) is 4.90 Å². The molecule has 1 amide bonds. The first kappa shape index (κ1) is 12.1. The molecule has 3 heterocycles. The van der Waals surface area contributed by atoms with Crippen LogP contribution in [0.2, 0.25) is 0 Å². The fourth-order valence-corrected chi connectivity index (χ4v) is 3.63. The smallest absolute Gasteiger partial charge is 0.248 e. The van der Waals surface area contributed by atoms with Gasteiger partial charge in [0.05, 0.1) is 18.8 Å². The average molecular weight is 252 g/mol. The summed E-state index contributed by atoms with van der Waals surface area (Å²) < 4.78 is 5.17. The quantitative estimate of drug-likeness (QED) is 0.680. The monoisotopic (exact) mass is 252 g/mol. The van der Waals surface area contributed by atoms with Gasteiger partial charge in [-0.2, -0.15) is 0 Å². The molecule has 100 valence electrons. The van der Waals surface area contributed by atoms with Crippen molar-refractivity contribution < 1.29 is 14.6 Å². The predicted octanol–water partition coefficient (Wildman–Crippen LogP) is -0.389. The first-order valence-electron chi connectivity index (χ1n) is 6.54. The summed E-state index contributed by atoms with van der Waals surface area (Å²) in [6, 6.07) is 0.224. The van der Waals surface area contributed by atoms with Gasteiger partial charge < -0.3 is 14.7 Å². The first-order valence-corrected chi connectivity index (χ1v) is 6.54. The summed E-state index contributed by atoms with van der Waals surface area (Å²) in [6.45, 7) is 7.40. The van der Waals surface area contributed by atoms with Crippen LogP contribution in [-0.4, -0.2) is 71.8 Å². The Morgan fingerprint density at radius 1 is 1.56 bits per heavy atom. The Labute approximate surface area is 107 Å². The number of fused-ring (bicyclic) bond motifs is 1. The van der Waals surface area contributed by atoms with Gasteiger partial charge >= 0.3 is 0 Å². The number of amides is 1. The molecule has 0 aromatic carbocycles. The van der Waals surface area contributed by atoms with Gasteiger partial charge in [0.1, 0.15) is 6.61 Å². The van der Waals surface area contributed by atoms with Crippen LogP contribution in [0, 0.1) is 0 Å². The van der Waals surface area contributed by atoms with Crippen LogP contribution < -0.4 is 0 Å². The van der Waals surface area contributed by atoms with Gasteiger partial charge in [0.15, 0.2) is 0 Å². The topological polar surface area (TPSA) is 53.0 Å². The highest BCUT2D eigenvalue weighted by Gasteiger charge is 2.51. The molecule has 5 heteroatoms. The Kier molecular flexibility index (Phi) is 2.92. The van der Waals surface area contributed by atoms with Gasteiger partial charge in [-0.15, -0.1) is 0 Å². The van der Waals surface area contributed by atoms with Crippen LogP contribution in [-0.2, 0) is 9.53 Å². The standard InChI is InChI=1S/C13H20N2O3/c1-10-4-13(9-16)5-11(7-14(13)6-10)15-2-3-18-8-12(15)17/h11,16H,1-9H2. The second-order valence-electron chi connectivity index (χ2n) is 5.69. The van der Waals surface area contributed by atoms with Gasteiger partial charge in [0, 0.05) is 25.7 Å². The van der Waals surface area contributed by atoms with Gasteiger partial charge in [-0.25, -0.2) is 0 Å². The van der Waals surface area contributed by atoms with E-state index in [0.717, 1.165) is 25.9 Å². The first-order chi connectivity index (χ1) is 8.64. The molecule has 0 aromatic rings. The van der Waals surface area contributed by atoms with E-state index in [2.05, 4.69) is 11.5 Å². The molecule has 5 nitrogen and oxygen atoms in total. The molecule has 3 aliphatic heterocycles. The van der Waals surface area contributed by atoms with Gasteiger partial charge in [-0.3, -0.25) is 9.69 Å². The van der Waals surface area contributed by atoms with Crippen molar-refractivity contribution in [3.63, 3.8) is 0 Å². The summed E-state index contributed by atoms with van der Waals surface area (Å²) in [7, 11) is 0. The zero-order valence-corrected chi connectivity index (χ0v) is 10.6. The third-order valence-corrected chi connectivity index (χ3v) is 4.47. The molecule has 0 aliphatic carbocycles. The number of carbonyl (C=O) groups excluding carboxylic acids is 1. The molecule has 3 saturated heterocycles. The molecule has 0 spiro atoms. The number of carbonyl (C=O) groups is 1. The lowest BCUT2D eigenvalue weighted by Crippen LogP contribution is -2.48. The maximum absolute atomic E-state index is 11.9. The SMILES string of the molecule is C=C1CN2CC(N3CCOCC3=O)CC2(CO)C1. The highest BCUT2D eigenvalue weighted by atomic mass is 16.5. The van der Waals surface area contributed by atoms with Crippen LogP contribution in [0.25, 0.3) is 0 Å². The number of morpholine rings is 1. The summed E-state index contributed by atoms with van der Waals surface area (Å²) in [4.78, 5) is 16.1. The van der Waals surface area contributed by atoms with Crippen molar-refractivity contribution in [1.82, 2.24) is 9.80 Å². The highest BCUT2D eigenvalue weighted by Crippen LogP contribution is 2.42. The van der Waals surface area contributed by atoms with E-state index in [1.54, 1.807) is 0 Å². The number of hydrogen-bond donors (Lipinski definition) is 1. The molecule has 3 fully saturated rings. The number of rotatable bonds is 2. The molecule has 18 heavy (non-hydrogen) atoms. The second kappa shape index (κ2) is 4.33. The number of nitrogens with zero attached hydrogens (tertiary/aromatic N) is 2. The predicted molar refractivity (Wildman–Crippen MR) is 66.1 cm³/mol. The van der Waals surface area contributed by atoms with E-state index < -0.39 is 0 Å². The summed E-state index contributed by atoms with van der Waals surface area (Å²) in [5.41, 5.74) is 1.02. The molecule has 0 radical (unpaired) electrons. The van der Waals surface area contributed by atoms with Crippen molar-refractivity contribution in [2.24, 2.45) is 0 Å². The fraction of sp³-hybridized carbons (Fsp3) is 0.769. The minimum Gasteiger partial charge on any atom is -0.394 e. The van der Waals surface area contributed by atoms with Gasteiger partial charge in [0.2, 0.25) is 5.91 Å². The maximum atomic E-state index is 11.9. The van der Waals surface area contributed by atoms with E-state index in [-0.39, 0.29) is 30.7 Å². The normalized spacial score (nSPS) is 37.4. The van der Waals surface area contributed by atoms with E-state index in [4.69, 9.17) is 4.74 Å². The molecular formula is C13H20N2O3. The zero-order valence-electron chi connectivity index (χ0n) is 10.6. The fourth-order valence-electron chi connectivity index (χ4n) is 3.63. The largest absolute Gasteiger partial charge is 0.394 e. The third-order valence-electron chi connectivity index (χ3n) is 4.47. The van der Waals surface area contributed by atoms with Crippen molar-refractivity contribution in [3.05, 3.63) is 12.2 Å². The van der Waals surface area contributed by atoms with E-state index >= 15 is 0 Å². The van der Waals surface area contributed by atoms with Crippen LogP contribution in [0.4, 0.5) is 0 Å². The van der Waals surface area contributed by atoms with E-state index in [1.165, 1.54) is 5.57 Å². The Balaban J connectivity index is 1.75. The Bertz CT molecular complexity index is 384. The number of aliphatic hydroxyl groups excluding tert-OH is 1. The average Bonchev–Trinajstić information content (AvgIpc) is 2.82. The van der Waals surface area contributed by atoms with Crippen molar-refractivity contribution in [2.45, 2.75) is 24.4 Å². The molecule has 3 rings (SSSR count). The summed E-state index contributed by atoms with van der Waals surface area (Å²) in [5, 5.41) is 9.72. The maximum Gasteiger partial charge on any atom is 0.248 e. The zero-order chi connectivity index (χ0) is 12.8. The minimum atomic E-state index is -0.166. The van der Waals surface area contributed by atoms with Gasteiger partial charge in [-0.1, -0.05) is 12.2 Å². The Morgan fingerprint density at radius 3 is 3.06 bits per heavy atom. The number of aliphatic hydroxyl groups is 1. The molecule has 0 aromatic heterocycles. The Morgan fingerprint density at radius 2 is 2.39 bits per heavy atom. The van der Waals surface area contributed by atoms with Gasteiger partial charge in [0.25, 0.3) is 0 Å². The second-order valence-corrected chi connectivity index (χ2v) is 5.69. The highest BCUT2D eigenvalue weighted by molar-refractivity contribution is 5.78. The summed E-state index contributed by atoms with van der Waals surface area (Å²) >= 11 is 0. The summed E-state index contributed by atoms with van der Waals surface area (Å²) in [6.07, 6.45) is 1.72. The number of hydrogen-bond acceptors (Lipinski definition) is 4. The minimum absolute atomic E-state index is 0.0827. The molecule has 2 atom stereocenters. The van der Waals surface area contributed by atoms with E-state index in [0.29, 0.717) is 13.2 Å². The van der Waals surface area contributed by atoms with Crippen LogP contribution in [0.5, 0.6) is 0 Å². The molecule has 3 aliphatic rings. The summed E-state index contributed by atoms with van der Waals surface area (Å²) in [5.74, 6) is 0.0827. The lowest BCUT2D eigenvalue weighted by Gasteiger charge is -2.33. The molecular weight excluding hydrogens is 232 g/mol. The van der Waals surface area contributed by atoms with Crippen LogP contribution in [0.1, 0.15) is 12.8 Å². The van der Waals surface area contributed by atoms with Crippen molar-refractivity contribution in [2.75, 3.05) is 39.5 Å². The molecule has 2 unspecified atom stereocenters. The van der Waals surface area contributed by atoms with Crippen LogP contribution in [0.15, 0.2) is 12.2 Å². The van der Waals surface area contributed by atoms with Crippen LogP contribution in [0.3, 0.4) is 0 Å². The number of ether oxygens (including phenoxy) is 1. The van der Waals surface area contributed by atoms with Crippen molar-refractivity contribution in [3.8, 4) is 0 Å².